The first-order valence-corrected chi connectivity index (χ1v) is 3.44. The van der Waals surface area contributed by atoms with Crippen molar-refractivity contribution in [1.29, 1.82) is 0 Å². The minimum Gasteiger partial charge on any atom is -0.376 e. The van der Waals surface area contributed by atoms with Crippen molar-refractivity contribution in [3.63, 3.8) is 0 Å². The van der Waals surface area contributed by atoms with E-state index in [1.807, 2.05) is 30.3 Å². The molecule has 1 aromatic rings. The highest BCUT2D eigenvalue weighted by Gasteiger charge is 2.00. The molecule has 1 rings (SSSR count). The van der Waals surface area contributed by atoms with Crippen LogP contribution in [0.25, 0.3) is 0 Å². The van der Waals surface area contributed by atoms with Crippen LogP contribution in [0, 0.1) is 0 Å². The molecule has 0 fully saturated rings. The number of rotatable bonds is 3. The third kappa shape index (κ3) is 2.67. The summed E-state index contributed by atoms with van der Waals surface area (Å²) in [5.74, 6) is 0. The maximum atomic E-state index is 8.95. The van der Waals surface area contributed by atoms with Crippen molar-refractivity contribution in [3.05, 3.63) is 35.9 Å². The molecule has 0 amide bonds. The van der Waals surface area contributed by atoms with E-state index < -0.39 is 6.23 Å². The molecule has 0 bridgehead atoms. The molecule has 60 valence electrons. The van der Waals surface area contributed by atoms with E-state index in [1.165, 1.54) is 0 Å². The van der Waals surface area contributed by atoms with Gasteiger partial charge in [-0.3, -0.25) is 0 Å². The summed E-state index contributed by atoms with van der Waals surface area (Å²) in [6, 6.07) is 9.46. The summed E-state index contributed by atoms with van der Waals surface area (Å²) >= 11 is 0. The zero-order valence-electron chi connectivity index (χ0n) is 6.07. The quantitative estimate of drug-likeness (QED) is 0.438. The third-order valence-electron chi connectivity index (χ3n) is 1.42. The predicted molar refractivity (Wildman–Crippen MR) is 41.1 cm³/mol. The second-order valence-electron chi connectivity index (χ2n) is 2.33. The fourth-order valence-electron chi connectivity index (χ4n) is 0.883. The average molecular weight is 153 g/mol. The van der Waals surface area contributed by atoms with Gasteiger partial charge in [0.15, 0.2) is 0 Å². The van der Waals surface area contributed by atoms with Gasteiger partial charge in [0.1, 0.15) is 6.23 Å². The molecule has 0 aromatic heterocycles. The van der Waals surface area contributed by atoms with Crippen LogP contribution in [-0.4, -0.2) is 16.5 Å². The Morgan fingerprint density at radius 1 is 1.27 bits per heavy atom. The number of hydrogen-bond acceptors (Lipinski definition) is 3. The summed E-state index contributed by atoms with van der Waals surface area (Å²) in [6.07, 6.45) is -0.463. The predicted octanol–water partition coefficient (Wildman–Crippen LogP) is 0.526. The van der Waals surface area contributed by atoms with Gasteiger partial charge < -0.3 is 10.3 Å². The second kappa shape index (κ2) is 4.08. The minimum atomic E-state index is -0.877. The molecule has 3 heteroatoms. The molecule has 0 saturated heterocycles. The molecule has 0 radical (unpaired) electrons. The third-order valence-corrected chi connectivity index (χ3v) is 1.42. The van der Waals surface area contributed by atoms with Gasteiger partial charge >= 0.3 is 0 Å². The fourth-order valence-corrected chi connectivity index (χ4v) is 0.883. The van der Waals surface area contributed by atoms with Crippen molar-refractivity contribution in [1.82, 2.24) is 5.48 Å². The van der Waals surface area contributed by atoms with E-state index in [1.54, 1.807) is 5.48 Å². The Morgan fingerprint density at radius 3 is 2.45 bits per heavy atom. The largest absolute Gasteiger partial charge is 0.376 e. The molecule has 0 heterocycles. The van der Waals surface area contributed by atoms with Gasteiger partial charge in [-0.2, -0.15) is 5.48 Å². The zero-order chi connectivity index (χ0) is 8.10. The van der Waals surface area contributed by atoms with Gasteiger partial charge in [-0.25, -0.2) is 0 Å². The van der Waals surface area contributed by atoms with E-state index in [9.17, 15) is 0 Å². The molecule has 1 unspecified atom stereocenters. The van der Waals surface area contributed by atoms with Crippen LogP contribution >= 0.6 is 0 Å². The summed E-state index contributed by atoms with van der Waals surface area (Å²) in [6.45, 7) is 0. The molecule has 0 spiro atoms. The highest BCUT2D eigenvalue weighted by Crippen LogP contribution is 2.00. The van der Waals surface area contributed by atoms with E-state index in [-0.39, 0.29) is 0 Å². The maximum absolute atomic E-state index is 8.95. The van der Waals surface area contributed by atoms with E-state index in [0.29, 0.717) is 6.42 Å². The normalized spacial score (nSPS) is 12.9. The van der Waals surface area contributed by atoms with E-state index in [4.69, 9.17) is 10.3 Å². The highest BCUT2D eigenvalue weighted by molar-refractivity contribution is 5.15. The van der Waals surface area contributed by atoms with Crippen LogP contribution in [0.1, 0.15) is 5.56 Å². The van der Waals surface area contributed by atoms with Crippen LogP contribution in [0.15, 0.2) is 30.3 Å². The Hall–Kier alpha value is -0.900. The SMILES string of the molecule is ONC(O)Cc1ccccc1. The molecule has 3 N–H and O–H groups in total. The molecule has 0 aliphatic heterocycles. The molecular weight excluding hydrogens is 142 g/mol. The molecule has 0 aliphatic rings. The average Bonchev–Trinajstić information content (AvgIpc) is 2.06. The lowest BCUT2D eigenvalue weighted by Crippen LogP contribution is -2.27. The van der Waals surface area contributed by atoms with E-state index in [0.717, 1.165) is 5.56 Å². The van der Waals surface area contributed by atoms with Gasteiger partial charge in [0, 0.05) is 6.42 Å². The highest BCUT2D eigenvalue weighted by atomic mass is 16.5. The molecule has 11 heavy (non-hydrogen) atoms. The van der Waals surface area contributed by atoms with Crippen molar-refractivity contribution in [2.45, 2.75) is 12.6 Å². The smallest absolute Gasteiger partial charge is 0.130 e. The van der Waals surface area contributed by atoms with Crippen molar-refractivity contribution in [2.24, 2.45) is 0 Å². The number of benzene rings is 1. The van der Waals surface area contributed by atoms with Crippen molar-refractivity contribution >= 4 is 0 Å². The van der Waals surface area contributed by atoms with Crippen LogP contribution in [0.4, 0.5) is 0 Å². The summed E-state index contributed by atoms with van der Waals surface area (Å²) < 4.78 is 0. The lowest BCUT2D eigenvalue weighted by Gasteiger charge is -2.06. The Bertz CT molecular complexity index is 201. The van der Waals surface area contributed by atoms with E-state index >= 15 is 0 Å². The summed E-state index contributed by atoms with van der Waals surface area (Å²) in [5.41, 5.74) is 2.76. The maximum Gasteiger partial charge on any atom is 0.130 e. The first kappa shape index (κ1) is 8.20. The number of hydroxylamine groups is 1. The Kier molecular flexibility index (Phi) is 3.04. The first-order chi connectivity index (χ1) is 5.33. The van der Waals surface area contributed by atoms with Gasteiger partial charge in [0.05, 0.1) is 0 Å². The Labute approximate surface area is 65.3 Å². The van der Waals surface area contributed by atoms with Gasteiger partial charge in [0.25, 0.3) is 0 Å². The molecule has 1 aromatic carbocycles. The molecule has 0 aliphatic carbocycles. The summed E-state index contributed by atoms with van der Waals surface area (Å²) in [4.78, 5) is 0. The number of aliphatic hydroxyl groups excluding tert-OH is 1. The molecule has 1 atom stereocenters. The first-order valence-electron chi connectivity index (χ1n) is 3.44. The molecule has 3 nitrogen and oxygen atoms in total. The second-order valence-corrected chi connectivity index (χ2v) is 2.33. The number of hydrogen-bond donors (Lipinski definition) is 3. The lowest BCUT2D eigenvalue weighted by molar-refractivity contribution is 0.00281. The topological polar surface area (TPSA) is 52.5 Å². The number of nitrogens with one attached hydrogen (secondary N) is 1. The standard InChI is InChI=1S/C8H11NO2/c10-8(9-11)6-7-4-2-1-3-5-7/h1-5,8-11H,6H2. The van der Waals surface area contributed by atoms with Gasteiger partial charge in [-0.1, -0.05) is 30.3 Å². The van der Waals surface area contributed by atoms with Gasteiger partial charge in [-0.05, 0) is 5.56 Å². The van der Waals surface area contributed by atoms with Crippen LogP contribution in [-0.2, 0) is 6.42 Å². The van der Waals surface area contributed by atoms with Crippen LogP contribution in [0.2, 0.25) is 0 Å². The Morgan fingerprint density at radius 2 is 1.91 bits per heavy atom. The lowest BCUT2D eigenvalue weighted by atomic mass is 10.1. The van der Waals surface area contributed by atoms with Crippen molar-refractivity contribution < 1.29 is 10.3 Å². The molecular formula is C8H11NO2. The zero-order valence-corrected chi connectivity index (χ0v) is 6.07. The van der Waals surface area contributed by atoms with Crippen LogP contribution in [0.3, 0.4) is 0 Å². The van der Waals surface area contributed by atoms with Gasteiger partial charge in [0.2, 0.25) is 0 Å². The van der Waals surface area contributed by atoms with Gasteiger partial charge in [-0.15, -0.1) is 0 Å². The minimum absolute atomic E-state index is 0.414. The van der Waals surface area contributed by atoms with Crippen LogP contribution in [0.5, 0.6) is 0 Å². The summed E-state index contributed by atoms with van der Waals surface area (Å²) in [7, 11) is 0. The summed E-state index contributed by atoms with van der Waals surface area (Å²) in [5, 5.41) is 17.2. The van der Waals surface area contributed by atoms with Crippen molar-refractivity contribution in [2.75, 3.05) is 0 Å². The Balaban J connectivity index is 2.51. The number of aliphatic hydroxyl groups is 1. The molecule has 0 saturated carbocycles. The van der Waals surface area contributed by atoms with Crippen molar-refractivity contribution in [3.8, 4) is 0 Å². The van der Waals surface area contributed by atoms with Crippen LogP contribution < -0.4 is 5.48 Å². The van der Waals surface area contributed by atoms with E-state index in [2.05, 4.69) is 0 Å². The monoisotopic (exact) mass is 153 g/mol. The fraction of sp³-hybridized carbons (Fsp3) is 0.250.